The Morgan fingerprint density at radius 3 is 2.27 bits per heavy atom. The third-order valence-corrected chi connectivity index (χ3v) is 4.74. The maximum Gasteiger partial charge on any atom is 0.336 e. The topological polar surface area (TPSA) is 82.3 Å². The molecule has 1 heterocycles. The van der Waals surface area contributed by atoms with Crippen LogP contribution in [0.1, 0.15) is 0 Å². The lowest BCUT2D eigenvalue weighted by molar-refractivity contribution is -0.116. The third-order valence-electron chi connectivity index (χ3n) is 4.74. The number of rotatable bonds is 5. The van der Waals surface area contributed by atoms with Crippen LogP contribution >= 0.6 is 0 Å². The summed E-state index contributed by atoms with van der Waals surface area (Å²) in [5.41, 5.74) is 0.435. The minimum absolute atomic E-state index is 0.238. The average molecular weight is 401 g/mol. The Morgan fingerprint density at radius 1 is 0.900 bits per heavy atom. The van der Waals surface area contributed by atoms with E-state index in [1.807, 2.05) is 0 Å². The molecular formula is C23H19N3O4. The first kappa shape index (κ1) is 19.2. The Balaban J connectivity index is 1.77. The van der Waals surface area contributed by atoms with Crippen LogP contribution < -0.4 is 21.3 Å². The number of carbonyl (C=O) groups excluding carboxylic acids is 1. The predicted octanol–water partition coefficient (Wildman–Crippen LogP) is 2.80. The van der Waals surface area contributed by atoms with Crippen molar-refractivity contribution < 1.29 is 9.53 Å². The number of fused-ring (bicyclic) bond motifs is 1. The molecule has 0 fully saturated rings. The van der Waals surface area contributed by atoms with Crippen molar-refractivity contribution in [2.45, 2.75) is 6.54 Å². The standard InChI is InChI=1S/C23H19N3O4/c1-30-18-13-11-16(12-14-18)24-21(27)15-25-20-10-6-5-9-19(20)22(28)26(23(25)29)17-7-3-2-4-8-17/h2-14H,15H2,1H3,(H,24,27). The molecule has 4 rings (SSSR count). The zero-order valence-electron chi connectivity index (χ0n) is 16.2. The smallest absolute Gasteiger partial charge is 0.336 e. The molecule has 30 heavy (non-hydrogen) atoms. The van der Waals surface area contributed by atoms with E-state index in [9.17, 15) is 14.4 Å². The minimum atomic E-state index is -0.574. The molecule has 0 aliphatic heterocycles. The van der Waals surface area contributed by atoms with Crippen LogP contribution in [-0.2, 0) is 11.3 Å². The van der Waals surface area contributed by atoms with Crippen molar-refractivity contribution in [2.24, 2.45) is 0 Å². The van der Waals surface area contributed by atoms with Gasteiger partial charge in [-0.15, -0.1) is 0 Å². The first-order valence-electron chi connectivity index (χ1n) is 9.32. The molecule has 7 heteroatoms. The van der Waals surface area contributed by atoms with Gasteiger partial charge in [-0.3, -0.25) is 14.2 Å². The Kier molecular flexibility index (Phi) is 5.17. The van der Waals surface area contributed by atoms with Crippen LogP contribution in [0.5, 0.6) is 5.75 Å². The van der Waals surface area contributed by atoms with Crippen molar-refractivity contribution in [3.63, 3.8) is 0 Å². The predicted molar refractivity (Wildman–Crippen MR) is 115 cm³/mol. The number of hydrogen-bond donors (Lipinski definition) is 1. The monoisotopic (exact) mass is 401 g/mol. The van der Waals surface area contributed by atoms with Gasteiger partial charge in [-0.25, -0.2) is 9.36 Å². The highest BCUT2D eigenvalue weighted by atomic mass is 16.5. The van der Waals surface area contributed by atoms with Crippen molar-refractivity contribution in [3.8, 4) is 11.4 Å². The number of carbonyl (C=O) groups is 1. The maximum atomic E-state index is 13.2. The van der Waals surface area contributed by atoms with E-state index in [1.54, 1.807) is 86.0 Å². The fourth-order valence-corrected chi connectivity index (χ4v) is 3.30. The van der Waals surface area contributed by atoms with E-state index in [0.29, 0.717) is 28.0 Å². The number of anilines is 1. The Hall–Kier alpha value is -4.13. The van der Waals surface area contributed by atoms with Crippen molar-refractivity contribution in [2.75, 3.05) is 12.4 Å². The molecule has 0 radical (unpaired) electrons. The van der Waals surface area contributed by atoms with Crippen LogP contribution in [-0.4, -0.2) is 22.2 Å². The van der Waals surface area contributed by atoms with Gasteiger partial charge < -0.3 is 10.1 Å². The number of nitrogens with zero attached hydrogens (tertiary/aromatic N) is 2. The normalized spacial score (nSPS) is 10.7. The van der Waals surface area contributed by atoms with Gasteiger partial charge >= 0.3 is 5.69 Å². The number of nitrogens with one attached hydrogen (secondary N) is 1. The molecule has 0 aliphatic carbocycles. The van der Waals surface area contributed by atoms with E-state index in [2.05, 4.69) is 5.32 Å². The van der Waals surface area contributed by atoms with Gasteiger partial charge in [0.1, 0.15) is 12.3 Å². The molecule has 150 valence electrons. The Bertz CT molecular complexity index is 1320. The summed E-state index contributed by atoms with van der Waals surface area (Å²) in [5.74, 6) is 0.288. The van der Waals surface area contributed by atoms with Crippen LogP contribution in [0.3, 0.4) is 0 Å². The van der Waals surface area contributed by atoms with E-state index in [4.69, 9.17) is 4.74 Å². The van der Waals surface area contributed by atoms with E-state index in [0.717, 1.165) is 4.57 Å². The van der Waals surface area contributed by atoms with Crippen LogP contribution in [0.4, 0.5) is 5.69 Å². The maximum absolute atomic E-state index is 13.2. The molecule has 0 saturated carbocycles. The summed E-state index contributed by atoms with van der Waals surface area (Å²) < 4.78 is 7.50. The summed E-state index contributed by atoms with van der Waals surface area (Å²) in [4.78, 5) is 38.9. The second-order valence-corrected chi connectivity index (χ2v) is 6.64. The number of amides is 1. The number of aromatic nitrogens is 2. The number of hydrogen-bond acceptors (Lipinski definition) is 4. The Labute approximate surface area is 171 Å². The highest BCUT2D eigenvalue weighted by Crippen LogP contribution is 2.15. The molecule has 7 nitrogen and oxygen atoms in total. The molecule has 1 amide bonds. The number of ether oxygens (including phenoxy) is 1. The van der Waals surface area contributed by atoms with Gasteiger partial charge in [-0.05, 0) is 48.5 Å². The lowest BCUT2D eigenvalue weighted by Crippen LogP contribution is -2.40. The molecule has 0 bridgehead atoms. The fraction of sp³-hybridized carbons (Fsp3) is 0.0870. The van der Waals surface area contributed by atoms with Gasteiger partial charge in [-0.1, -0.05) is 30.3 Å². The second kappa shape index (κ2) is 8.08. The van der Waals surface area contributed by atoms with E-state index < -0.39 is 11.2 Å². The van der Waals surface area contributed by atoms with Gasteiger partial charge in [0.2, 0.25) is 5.91 Å². The quantitative estimate of drug-likeness (QED) is 0.558. The lowest BCUT2D eigenvalue weighted by Gasteiger charge is -2.14. The van der Waals surface area contributed by atoms with E-state index in [-0.39, 0.29) is 12.5 Å². The van der Waals surface area contributed by atoms with Crippen LogP contribution in [0, 0.1) is 0 Å². The molecule has 1 N–H and O–H groups in total. The van der Waals surface area contributed by atoms with E-state index >= 15 is 0 Å². The third kappa shape index (κ3) is 3.60. The largest absolute Gasteiger partial charge is 0.497 e. The average Bonchev–Trinajstić information content (AvgIpc) is 2.78. The van der Waals surface area contributed by atoms with E-state index in [1.165, 1.54) is 4.57 Å². The summed E-state index contributed by atoms with van der Waals surface area (Å²) in [6.07, 6.45) is 0. The van der Waals surface area contributed by atoms with Gasteiger partial charge in [0, 0.05) is 5.69 Å². The molecule has 0 atom stereocenters. The summed E-state index contributed by atoms with van der Waals surface area (Å²) >= 11 is 0. The molecular weight excluding hydrogens is 382 g/mol. The summed E-state index contributed by atoms with van der Waals surface area (Å²) in [6.45, 7) is -0.238. The zero-order chi connectivity index (χ0) is 21.1. The van der Waals surface area contributed by atoms with Crippen molar-refractivity contribution in [1.82, 2.24) is 9.13 Å². The molecule has 1 aromatic heterocycles. The van der Waals surface area contributed by atoms with Gasteiger partial charge in [0.25, 0.3) is 5.56 Å². The minimum Gasteiger partial charge on any atom is -0.497 e. The SMILES string of the molecule is COc1ccc(NC(=O)Cn2c(=O)n(-c3ccccc3)c(=O)c3ccccc32)cc1. The highest BCUT2D eigenvalue weighted by Gasteiger charge is 2.16. The molecule has 0 saturated heterocycles. The first-order valence-corrected chi connectivity index (χ1v) is 9.32. The first-order chi connectivity index (χ1) is 14.6. The van der Waals surface area contributed by atoms with Gasteiger partial charge in [0.05, 0.1) is 23.7 Å². The van der Waals surface area contributed by atoms with Crippen molar-refractivity contribution in [1.29, 1.82) is 0 Å². The van der Waals surface area contributed by atoms with Crippen LogP contribution in [0.15, 0.2) is 88.5 Å². The van der Waals surface area contributed by atoms with Gasteiger partial charge in [-0.2, -0.15) is 0 Å². The highest BCUT2D eigenvalue weighted by molar-refractivity contribution is 5.91. The van der Waals surface area contributed by atoms with Crippen LogP contribution in [0.2, 0.25) is 0 Å². The summed E-state index contributed by atoms with van der Waals surface area (Å²) in [7, 11) is 1.56. The Morgan fingerprint density at radius 2 is 1.57 bits per heavy atom. The number of para-hydroxylation sites is 2. The molecule has 0 spiro atoms. The van der Waals surface area contributed by atoms with Crippen LogP contribution in [0.25, 0.3) is 16.6 Å². The van der Waals surface area contributed by atoms with Gasteiger partial charge in [0.15, 0.2) is 0 Å². The summed E-state index contributed by atoms with van der Waals surface area (Å²) in [5, 5.41) is 3.13. The lowest BCUT2D eigenvalue weighted by atomic mass is 10.2. The number of methoxy groups -OCH3 is 1. The number of benzene rings is 3. The molecule has 0 unspecified atom stereocenters. The molecule has 0 aliphatic rings. The van der Waals surface area contributed by atoms with Crippen molar-refractivity contribution >= 4 is 22.5 Å². The zero-order valence-corrected chi connectivity index (χ0v) is 16.2. The second-order valence-electron chi connectivity index (χ2n) is 6.64. The van der Waals surface area contributed by atoms with Crippen molar-refractivity contribution in [3.05, 3.63) is 99.7 Å². The fourth-order valence-electron chi connectivity index (χ4n) is 3.30. The summed E-state index contributed by atoms with van der Waals surface area (Å²) in [6, 6.07) is 22.3. The molecule has 4 aromatic rings. The molecule has 3 aromatic carbocycles.